The summed E-state index contributed by atoms with van der Waals surface area (Å²) < 4.78 is 87.5. The van der Waals surface area contributed by atoms with Crippen LogP contribution in [0.3, 0.4) is 0 Å². The van der Waals surface area contributed by atoms with E-state index in [9.17, 15) is 50.6 Å². The average molecular weight is 705 g/mol. The van der Waals surface area contributed by atoms with E-state index in [0.717, 1.165) is 11.9 Å². The Morgan fingerprint density at radius 3 is 2.13 bits per heavy atom. The largest absolute Gasteiger partial charge is 0.504 e. The highest BCUT2D eigenvalue weighted by Gasteiger charge is 2.76. The fourth-order valence-corrected chi connectivity index (χ4v) is 8.47. The van der Waals surface area contributed by atoms with Crippen molar-refractivity contribution in [3.63, 3.8) is 0 Å². The highest BCUT2D eigenvalue weighted by Crippen LogP contribution is 2.66. The van der Waals surface area contributed by atoms with Crippen molar-refractivity contribution in [2.45, 2.75) is 47.8 Å². The van der Waals surface area contributed by atoms with Crippen molar-refractivity contribution in [3.8, 4) is 11.5 Å². The van der Waals surface area contributed by atoms with Gasteiger partial charge in [0, 0.05) is 18.5 Å². The number of para-hydroxylation sites is 1. The molecule has 6 atom stereocenters. The van der Waals surface area contributed by atoms with E-state index >= 15 is 0 Å². The van der Waals surface area contributed by atoms with Gasteiger partial charge in [0.05, 0.1) is 35.3 Å². The van der Waals surface area contributed by atoms with E-state index in [1.807, 2.05) is 0 Å². The van der Waals surface area contributed by atoms with Gasteiger partial charge in [-0.05, 0) is 49.9 Å². The molecule has 6 rings (SSSR count). The Hall–Kier alpha value is -3.78. The number of imide groups is 2. The number of alkyl halides is 8. The number of rotatable bonds is 4. The van der Waals surface area contributed by atoms with E-state index in [1.165, 1.54) is 24.3 Å². The van der Waals surface area contributed by atoms with E-state index < -0.39 is 98.4 Å². The summed E-state index contributed by atoms with van der Waals surface area (Å²) in [6, 6.07) is 4.82. The molecule has 4 aliphatic rings. The van der Waals surface area contributed by atoms with Gasteiger partial charge in [-0.2, -0.15) is 26.3 Å². The zero-order chi connectivity index (χ0) is 34.6. The Bertz CT molecular complexity index is 1750. The minimum absolute atomic E-state index is 0.00952. The van der Waals surface area contributed by atoms with Gasteiger partial charge in [-0.15, -0.1) is 23.2 Å². The molecule has 250 valence electrons. The summed E-state index contributed by atoms with van der Waals surface area (Å²) in [4.78, 5) is 51.6. The number of benzene rings is 2. The summed E-state index contributed by atoms with van der Waals surface area (Å²) in [6.45, 7) is 1.80. The third-order valence-corrected chi connectivity index (χ3v) is 10.9. The molecule has 0 radical (unpaired) electrons. The molecule has 2 saturated heterocycles. The first-order chi connectivity index (χ1) is 21.8. The zero-order valence-corrected chi connectivity index (χ0v) is 25.9. The number of anilines is 1. The number of carbonyl (C=O) groups excluding carboxylic acids is 4. The van der Waals surface area contributed by atoms with Gasteiger partial charge in [0.1, 0.15) is 0 Å². The smallest absolute Gasteiger partial charge is 0.416 e. The van der Waals surface area contributed by atoms with Gasteiger partial charge < -0.3 is 9.84 Å². The van der Waals surface area contributed by atoms with Crippen LogP contribution in [0.25, 0.3) is 0 Å². The van der Waals surface area contributed by atoms with Crippen molar-refractivity contribution in [2.24, 2.45) is 17.8 Å². The molecular weight excluding hydrogens is 681 g/mol. The summed E-state index contributed by atoms with van der Waals surface area (Å²) >= 11 is 14.1. The third kappa shape index (κ3) is 4.57. The van der Waals surface area contributed by atoms with Crippen LogP contribution in [0.1, 0.15) is 42.4 Å². The van der Waals surface area contributed by atoms with Gasteiger partial charge in [-0.1, -0.05) is 23.8 Å². The quantitative estimate of drug-likeness (QED) is 0.181. The third-order valence-electron chi connectivity index (χ3n) is 9.49. The number of allylic oxidation sites excluding steroid dienone is 2. The molecule has 16 heteroatoms. The van der Waals surface area contributed by atoms with Crippen LogP contribution in [0.2, 0.25) is 0 Å². The molecule has 1 saturated carbocycles. The van der Waals surface area contributed by atoms with E-state index in [2.05, 4.69) is 0 Å². The minimum Gasteiger partial charge on any atom is -0.504 e. The van der Waals surface area contributed by atoms with Gasteiger partial charge in [0.25, 0.3) is 11.8 Å². The van der Waals surface area contributed by atoms with Crippen molar-refractivity contribution in [1.82, 2.24) is 4.90 Å². The highest BCUT2D eigenvalue weighted by molar-refractivity contribution is 6.53. The Morgan fingerprint density at radius 2 is 1.55 bits per heavy atom. The normalized spacial score (nSPS) is 30.7. The number of aromatic hydroxyl groups is 1. The Morgan fingerprint density at radius 1 is 0.936 bits per heavy atom. The predicted molar refractivity (Wildman–Crippen MR) is 154 cm³/mol. The monoisotopic (exact) mass is 704 g/mol. The predicted octanol–water partition coefficient (Wildman–Crippen LogP) is 6.02. The second-order valence-corrected chi connectivity index (χ2v) is 13.1. The SMILES string of the molecule is CCOc1cccc(C2C3=CCC4C(=O)N(c5cc(C(F)(F)F)cc(C(F)(F)F)c5)C(=O)C4C3CC3(Cl)C(=O)N(C)C(=O)C23Cl)c1O. The van der Waals surface area contributed by atoms with E-state index in [1.54, 1.807) is 6.92 Å². The molecule has 2 aliphatic carbocycles. The van der Waals surface area contributed by atoms with E-state index in [0.29, 0.717) is 17.0 Å². The van der Waals surface area contributed by atoms with Crippen LogP contribution in [0.4, 0.5) is 32.0 Å². The van der Waals surface area contributed by atoms with Crippen molar-refractivity contribution < 1.29 is 55.4 Å². The maximum atomic E-state index is 14.1. The van der Waals surface area contributed by atoms with Crippen molar-refractivity contribution >= 4 is 52.5 Å². The number of fused-ring (bicyclic) bond motifs is 4. The second-order valence-electron chi connectivity index (χ2n) is 11.9. The zero-order valence-electron chi connectivity index (χ0n) is 24.4. The van der Waals surface area contributed by atoms with Crippen LogP contribution in [-0.2, 0) is 31.5 Å². The molecule has 3 fully saturated rings. The number of amides is 4. The topological polar surface area (TPSA) is 104 Å². The fourth-order valence-electron chi connectivity index (χ4n) is 7.46. The Balaban J connectivity index is 1.51. The number of nitrogens with zero attached hydrogens (tertiary/aromatic N) is 2. The molecule has 0 spiro atoms. The first kappa shape index (κ1) is 33.1. The molecule has 1 N–H and O–H groups in total. The molecule has 2 aromatic rings. The molecule has 0 aromatic heterocycles. The van der Waals surface area contributed by atoms with Crippen LogP contribution in [0.5, 0.6) is 11.5 Å². The summed E-state index contributed by atoms with van der Waals surface area (Å²) in [5.41, 5.74) is -4.09. The lowest BCUT2D eigenvalue weighted by atomic mass is 9.56. The van der Waals surface area contributed by atoms with Crippen LogP contribution in [0, 0.1) is 17.8 Å². The summed E-state index contributed by atoms with van der Waals surface area (Å²) in [5, 5.41) is 11.3. The number of carbonyl (C=O) groups is 4. The fraction of sp³-hybridized carbons (Fsp3) is 0.419. The molecular formula is C31H24Cl2F6N2O6. The summed E-state index contributed by atoms with van der Waals surface area (Å²) in [6.07, 6.45) is -9.68. The van der Waals surface area contributed by atoms with Crippen LogP contribution in [0.15, 0.2) is 48.0 Å². The number of phenolic OH excluding ortho intramolecular Hbond substituents is 1. The van der Waals surface area contributed by atoms with E-state index in [-0.39, 0.29) is 36.0 Å². The first-order valence-corrected chi connectivity index (χ1v) is 15.1. The van der Waals surface area contributed by atoms with Crippen LogP contribution in [-0.4, -0.2) is 57.0 Å². The van der Waals surface area contributed by atoms with Gasteiger partial charge in [-0.25, -0.2) is 4.90 Å². The molecule has 8 nitrogen and oxygen atoms in total. The summed E-state index contributed by atoms with van der Waals surface area (Å²) in [5.74, 6) is -9.57. The van der Waals surface area contributed by atoms with Gasteiger partial charge in [-0.3, -0.25) is 24.1 Å². The molecule has 2 aliphatic heterocycles. The molecule has 0 bridgehead atoms. The lowest BCUT2D eigenvalue weighted by Crippen LogP contribution is -2.60. The Kier molecular flexibility index (Phi) is 7.48. The molecule has 2 aromatic carbocycles. The van der Waals surface area contributed by atoms with Gasteiger partial charge in [0.15, 0.2) is 21.2 Å². The lowest BCUT2D eigenvalue weighted by Gasteiger charge is -2.50. The number of hydrogen-bond donors (Lipinski definition) is 1. The van der Waals surface area contributed by atoms with Crippen molar-refractivity contribution in [1.29, 1.82) is 0 Å². The molecule has 4 amide bonds. The highest BCUT2D eigenvalue weighted by atomic mass is 35.5. The van der Waals surface area contributed by atoms with Gasteiger partial charge >= 0.3 is 12.4 Å². The van der Waals surface area contributed by atoms with E-state index in [4.69, 9.17) is 27.9 Å². The summed E-state index contributed by atoms with van der Waals surface area (Å²) in [7, 11) is 1.16. The average Bonchev–Trinajstić information content (AvgIpc) is 3.32. The van der Waals surface area contributed by atoms with Crippen molar-refractivity contribution in [2.75, 3.05) is 18.6 Å². The van der Waals surface area contributed by atoms with Crippen molar-refractivity contribution in [3.05, 3.63) is 64.7 Å². The Labute approximate surface area is 272 Å². The molecule has 47 heavy (non-hydrogen) atoms. The first-order valence-electron chi connectivity index (χ1n) is 14.3. The van der Waals surface area contributed by atoms with Crippen LogP contribution < -0.4 is 9.64 Å². The second kappa shape index (κ2) is 10.6. The van der Waals surface area contributed by atoms with Gasteiger partial charge in [0.2, 0.25) is 11.8 Å². The number of likely N-dealkylation sites (tertiary alicyclic amines) is 1. The number of hydrogen-bond acceptors (Lipinski definition) is 6. The number of ether oxygens (including phenoxy) is 1. The number of phenols is 1. The maximum Gasteiger partial charge on any atom is 0.416 e. The van der Waals surface area contributed by atoms with Crippen LogP contribution >= 0.6 is 23.2 Å². The molecule has 2 heterocycles. The minimum atomic E-state index is -5.24. The lowest BCUT2D eigenvalue weighted by molar-refractivity contribution is -0.143. The molecule has 6 unspecified atom stereocenters. The standard InChI is InChI=1S/C31H24Cl2F6N2O6/c1-3-47-20-6-4-5-18(23(20)42)22-16-7-8-17-21(19(16)12-28(32)26(45)40(2)27(46)29(22,28)33)25(44)41(24(17)43)15-10-13(30(34,35)36)9-14(11-15)31(37,38)39/h4-7,9-11,17,19,21-22,42H,3,8,12H2,1-2H3. The maximum absolute atomic E-state index is 14.1. The number of halogens is 8.